The topological polar surface area (TPSA) is 49.9 Å². The van der Waals surface area contributed by atoms with Gasteiger partial charge in [-0.05, 0) is 24.3 Å². The van der Waals surface area contributed by atoms with Crippen molar-refractivity contribution in [2.45, 2.75) is 24.9 Å². The van der Waals surface area contributed by atoms with Gasteiger partial charge in [0.05, 0.1) is 26.2 Å². The molecule has 0 saturated carbocycles. The van der Waals surface area contributed by atoms with Crippen LogP contribution in [0.2, 0.25) is 0 Å². The SMILES string of the molecule is O=C(Cc1cccs1)N1CCCC(F)(C(=O)N2CCOCC2)C1. The highest BCUT2D eigenvalue weighted by Gasteiger charge is 2.46. The Labute approximate surface area is 139 Å². The summed E-state index contributed by atoms with van der Waals surface area (Å²) in [6.07, 6.45) is 0.980. The Kier molecular flexibility index (Phi) is 4.96. The van der Waals surface area contributed by atoms with Gasteiger partial charge in [0, 0.05) is 24.5 Å². The van der Waals surface area contributed by atoms with E-state index in [0.717, 1.165) is 4.88 Å². The molecule has 0 radical (unpaired) electrons. The van der Waals surface area contributed by atoms with Crippen LogP contribution >= 0.6 is 11.3 Å². The number of halogens is 1. The van der Waals surface area contributed by atoms with Gasteiger partial charge in [0.15, 0.2) is 0 Å². The summed E-state index contributed by atoms with van der Waals surface area (Å²) in [5.41, 5.74) is -1.96. The molecule has 5 nitrogen and oxygen atoms in total. The van der Waals surface area contributed by atoms with E-state index in [9.17, 15) is 9.59 Å². The van der Waals surface area contributed by atoms with Crippen LogP contribution in [0.5, 0.6) is 0 Å². The molecule has 3 heterocycles. The zero-order valence-electron chi connectivity index (χ0n) is 13.0. The smallest absolute Gasteiger partial charge is 0.262 e. The Morgan fingerprint density at radius 3 is 2.74 bits per heavy atom. The molecule has 0 spiro atoms. The lowest BCUT2D eigenvalue weighted by Crippen LogP contribution is -2.58. The molecule has 7 heteroatoms. The van der Waals surface area contributed by atoms with Gasteiger partial charge in [-0.15, -0.1) is 11.3 Å². The standard InChI is InChI=1S/C16H21FN2O3S/c17-16(15(21)18-6-8-22-9-7-18)4-2-5-19(12-16)14(20)11-13-3-1-10-23-13/h1,3,10H,2,4-9,11-12H2. The lowest BCUT2D eigenvalue weighted by atomic mass is 9.92. The van der Waals surface area contributed by atoms with E-state index in [1.165, 1.54) is 21.1 Å². The van der Waals surface area contributed by atoms with Gasteiger partial charge in [-0.2, -0.15) is 0 Å². The van der Waals surface area contributed by atoms with Crippen LogP contribution in [0.1, 0.15) is 17.7 Å². The summed E-state index contributed by atoms with van der Waals surface area (Å²) in [5.74, 6) is -0.599. The number of piperidine rings is 1. The number of likely N-dealkylation sites (tertiary alicyclic amines) is 1. The maximum Gasteiger partial charge on any atom is 0.262 e. The molecular weight excluding hydrogens is 319 g/mol. The van der Waals surface area contributed by atoms with Crippen LogP contribution in [0.25, 0.3) is 0 Å². The Balaban J connectivity index is 1.64. The third-order valence-electron chi connectivity index (χ3n) is 4.38. The highest BCUT2D eigenvalue weighted by molar-refractivity contribution is 7.10. The van der Waals surface area contributed by atoms with Crippen molar-refractivity contribution in [1.82, 2.24) is 9.80 Å². The molecule has 1 aromatic rings. The van der Waals surface area contributed by atoms with Crippen LogP contribution in [0.4, 0.5) is 4.39 Å². The monoisotopic (exact) mass is 340 g/mol. The number of ether oxygens (including phenoxy) is 1. The van der Waals surface area contributed by atoms with E-state index < -0.39 is 11.6 Å². The molecule has 1 aromatic heterocycles. The van der Waals surface area contributed by atoms with E-state index in [4.69, 9.17) is 4.74 Å². The van der Waals surface area contributed by atoms with Gasteiger partial charge in [-0.25, -0.2) is 4.39 Å². The molecule has 0 aliphatic carbocycles. The first-order valence-corrected chi connectivity index (χ1v) is 8.83. The molecule has 3 rings (SSSR count). The average molecular weight is 340 g/mol. The largest absolute Gasteiger partial charge is 0.378 e. The first kappa shape index (κ1) is 16.4. The quantitative estimate of drug-likeness (QED) is 0.837. The number of nitrogens with zero attached hydrogens (tertiary/aromatic N) is 2. The normalized spacial score (nSPS) is 25.4. The fraction of sp³-hybridized carbons (Fsp3) is 0.625. The van der Waals surface area contributed by atoms with Crippen LogP contribution < -0.4 is 0 Å². The number of carbonyl (C=O) groups excluding carboxylic acids is 2. The Hall–Kier alpha value is -1.47. The molecule has 126 valence electrons. The molecule has 2 saturated heterocycles. The summed E-state index contributed by atoms with van der Waals surface area (Å²) in [7, 11) is 0. The number of amides is 2. The number of carbonyl (C=O) groups is 2. The summed E-state index contributed by atoms with van der Waals surface area (Å²) in [5, 5.41) is 1.92. The van der Waals surface area contributed by atoms with Crippen molar-refractivity contribution in [2.75, 3.05) is 39.4 Å². The number of alkyl halides is 1. The van der Waals surface area contributed by atoms with E-state index in [-0.39, 0.29) is 25.3 Å². The van der Waals surface area contributed by atoms with Gasteiger partial charge in [0.25, 0.3) is 5.91 Å². The van der Waals surface area contributed by atoms with Gasteiger partial charge in [-0.3, -0.25) is 9.59 Å². The highest BCUT2D eigenvalue weighted by atomic mass is 32.1. The number of hydrogen-bond donors (Lipinski definition) is 0. The molecule has 23 heavy (non-hydrogen) atoms. The van der Waals surface area contributed by atoms with Crippen molar-refractivity contribution in [3.63, 3.8) is 0 Å². The molecule has 1 unspecified atom stereocenters. The van der Waals surface area contributed by atoms with Crippen molar-refractivity contribution in [3.05, 3.63) is 22.4 Å². The van der Waals surface area contributed by atoms with Gasteiger partial charge in [-0.1, -0.05) is 6.07 Å². The van der Waals surface area contributed by atoms with Crippen LogP contribution in [-0.4, -0.2) is 66.7 Å². The maximum absolute atomic E-state index is 15.2. The van der Waals surface area contributed by atoms with E-state index in [0.29, 0.717) is 39.3 Å². The van der Waals surface area contributed by atoms with Gasteiger partial charge >= 0.3 is 0 Å². The minimum Gasteiger partial charge on any atom is -0.378 e. The number of morpholine rings is 1. The summed E-state index contributed by atoms with van der Waals surface area (Å²) < 4.78 is 20.4. The Morgan fingerprint density at radius 1 is 1.26 bits per heavy atom. The van der Waals surface area contributed by atoms with Crippen molar-refractivity contribution < 1.29 is 18.7 Å². The van der Waals surface area contributed by atoms with E-state index in [2.05, 4.69) is 0 Å². The predicted molar refractivity (Wildman–Crippen MR) is 85.1 cm³/mol. The molecule has 0 aromatic carbocycles. The Morgan fingerprint density at radius 2 is 2.04 bits per heavy atom. The first-order valence-electron chi connectivity index (χ1n) is 7.95. The maximum atomic E-state index is 15.2. The molecule has 2 aliphatic rings. The zero-order chi connectivity index (χ0) is 16.3. The third-order valence-corrected chi connectivity index (χ3v) is 5.26. The number of thiophene rings is 1. The molecule has 2 amide bonds. The molecule has 2 aliphatic heterocycles. The minimum absolute atomic E-state index is 0.107. The third kappa shape index (κ3) is 3.72. The second kappa shape index (κ2) is 6.97. The van der Waals surface area contributed by atoms with Gasteiger partial charge in [0.1, 0.15) is 0 Å². The second-order valence-electron chi connectivity index (χ2n) is 6.04. The summed E-state index contributed by atoms with van der Waals surface area (Å²) in [6.45, 7) is 2.13. The van der Waals surface area contributed by atoms with E-state index in [1.807, 2.05) is 17.5 Å². The van der Waals surface area contributed by atoms with Crippen LogP contribution in [-0.2, 0) is 20.7 Å². The summed E-state index contributed by atoms with van der Waals surface area (Å²) in [4.78, 5) is 28.9. The van der Waals surface area contributed by atoms with E-state index in [1.54, 1.807) is 0 Å². The highest BCUT2D eigenvalue weighted by Crippen LogP contribution is 2.28. The summed E-state index contributed by atoms with van der Waals surface area (Å²) in [6, 6.07) is 3.79. The second-order valence-corrected chi connectivity index (χ2v) is 7.08. The molecule has 0 bridgehead atoms. The average Bonchev–Trinajstić information content (AvgIpc) is 3.08. The van der Waals surface area contributed by atoms with E-state index >= 15 is 4.39 Å². The van der Waals surface area contributed by atoms with Gasteiger partial charge in [0.2, 0.25) is 11.6 Å². The fourth-order valence-corrected chi connectivity index (χ4v) is 3.82. The molecule has 2 fully saturated rings. The zero-order valence-corrected chi connectivity index (χ0v) is 13.8. The van der Waals surface area contributed by atoms with Crippen LogP contribution in [0.3, 0.4) is 0 Å². The van der Waals surface area contributed by atoms with Gasteiger partial charge < -0.3 is 14.5 Å². The van der Waals surface area contributed by atoms with Crippen molar-refractivity contribution in [3.8, 4) is 0 Å². The minimum atomic E-state index is -1.96. The summed E-state index contributed by atoms with van der Waals surface area (Å²) >= 11 is 1.51. The van der Waals surface area contributed by atoms with Crippen molar-refractivity contribution >= 4 is 23.2 Å². The van der Waals surface area contributed by atoms with Crippen LogP contribution in [0, 0.1) is 0 Å². The number of rotatable bonds is 3. The van der Waals surface area contributed by atoms with Crippen LogP contribution in [0.15, 0.2) is 17.5 Å². The lowest BCUT2D eigenvalue weighted by molar-refractivity contribution is -0.154. The predicted octanol–water partition coefficient (Wildman–Crippen LogP) is 1.48. The lowest BCUT2D eigenvalue weighted by Gasteiger charge is -2.40. The molecule has 1 atom stereocenters. The Bertz CT molecular complexity index is 560. The molecule has 0 N–H and O–H groups in total. The molecular formula is C16H21FN2O3S. The fourth-order valence-electron chi connectivity index (χ4n) is 3.12. The number of hydrogen-bond acceptors (Lipinski definition) is 4. The first-order chi connectivity index (χ1) is 11.1. The van der Waals surface area contributed by atoms with Crippen molar-refractivity contribution in [1.29, 1.82) is 0 Å². The van der Waals surface area contributed by atoms with Crippen molar-refractivity contribution in [2.24, 2.45) is 0 Å².